The van der Waals surface area contributed by atoms with E-state index in [1.807, 2.05) is 6.07 Å². The highest BCUT2D eigenvalue weighted by molar-refractivity contribution is 7.91. The van der Waals surface area contributed by atoms with E-state index < -0.39 is 15.9 Å². The fraction of sp³-hybridized carbons (Fsp3) is 0.318. The van der Waals surface area contributed by atoms with E-state index in [1.165, 1.54) is 13.2 Å². The van der Waals surface area contributed by atoms with Crippen LogP contribution in [0.1, 0.15) is 17.5 Å². The average molecular weight is 484 g/mol. The Labute approximate surface area is 192 Å². The van der Waals surface area contributed by atoms with Crippen LogP contribution in [-0.2, 0) is 21.2 Å². The van der Waals surface area contributed by atoms with Gasteiger partial charge in [-0.3, -0.25) is 4.79 Å². The Hall–Kier alpha value is -2.22. The molecule has 31 heavy (non-hydrogen) atoms. The zero-order valence-electron chi connectivity index (χ0n) is 17.2. The predicted molar refractivity (Wildman–Crippen MR) is 123 cm³/mol. The summed E-state index contributed by atoms with van der Waals surface area (Å²) in [6.45, 7) is 0.234. The average Bonchev–Trinajstić information content (AvgIpc) is 3.10. The molecule has 0 aliphatic carbocycles. The molecule has 1 unspecified atom stereocenters. The molecule has 0 bridgehead atoms. The molecule has 166 valence electrons. The van der Waals surface area contributed by atoms with E-state index in [1.54, 1.807) is 48.4 Å². The Balaban J connectivity index is 1.87. The van der Waals surface area contributed by atoms with Gasteiger partial charge in [0, 0.05) is 28.7 Å². The zero-order valence-corrected chi connectivity index (χ0v) is 19.5. The summed E-state index contributed by atoms with van der Waals surface area (Å²) >= 11 is 12.1. The molecule has 0 radical (unpaired) electrons. The van der Waals surface area contributed by atoms with Gasteiger partial charge >= 0.3 is 0 Å². The molecule has 6 nitrogen and oxygen atoms in total. The Morgan fingerprint density at radius 1 is 1.13 bits per heavy atom. The molecule has 2 aromatic carbocycles. The van der Waals surface area contributed by atoms with Crippen LogP contribution in [0.25, 0.3) is 6.08 Å². The molecule has 1 heterocycles. The van der Waals surface area contributed by atoms with Crippen LogP contribution in [0.2, 0.25) is 10.0 Å². The maximum Gasteiger partial charge on any atom is 0.247 e. The largest absolute Gasteiger partial charge is 0.493 e. The number of carbonyl (C=O) groups is 1. The fourth-order valence-corrected chi connectivity index (χ4v) is 5.68. The number of nitrogens with zero attached hydrogens (tertiary/aromatic N) is 1. The smallest absolute Gasteiger partial charge is 0.247 e. The van der Waals surface area contributed by atoms with Crippen molar-refractivity contribution in [1.82, 2.24) is 4.90 Å². The molecule has 1 aliphatic heterocycles. The lowest BCUT2D eigenvalue weighted by molar-refractivity contribution is -0.128. The van der Waals surface area contributed by atoms with Crippen LogP contribution in [0.5, 0.6) is 11.5 Å². The van der Waals surface area contributed by atoms with Crippen LogP contribution >= 0.6 is 23.2 Å². The summed E-state index contributed by atoms with van der Waals surface area (Å²) in [6.07, 6.45) is 3.41. The van der Waals surface area contributed by atoms with Gasteiger partial charge in [-0.25, -0.2) is 8.42 Å². The van der Waals surface area contributed by atoms with Crippen LogP contribution in [0.15, 0.2) is 42.5 Å². The highest BCUT2D eigenvalue weighted by Gasteiger charge is 2.34. The van der Waals surface area contributed by atoms with Gasteiger partial charge in [-0.1, -0.05) is 35.3 Å². The normalized spacial score (nSPS) is 17.6. The van der Waals surface area contributed by atoms with E-state index in [9.17, 15) is 13.2 Å². The zero-order chi connectivity index (χ0) is 22.6. The van der Waals surface area contributed by atoms with Crippen LogP contribution in [0.3, 0.4) is 0 Å². The number of hydrogen-bond acceptors (Lipinski definition) is 5. The number of halogens is 2. The summed E-state index contributed by atoms with van der Waals surface area (Å²) in [5.74, 6) is 0.824. The monoisotopic (exact) mass is 483 g/mol. The standard InChI is InChI=1S/C22H23Cl2NO5S/c1-29-20-7-3-15(11-21(20)30-2)13-25(18-9-10-31(27,28)14-18)22(26)8-5-16-4-6-17(23)12-19(16)24/h3-8,11-12,18H,9-10,13-14H2,1-2H3. The minimum atomic E-state index is -3.17. The number of rotatable bonds is 7. The van der Waals surface area contributed by atoms with E-state index >= 15 is 0 Å². The molecule has 9 heteroatoms. The third kappa shape index (κ3) is 5.93. The second kappa shape index (κ2) is 9.94. The maximum atomic E-state index is 13.1. The summed E-state index contributed by atoms with van der Waals surface area (Å²) < 4.78 is 34.7. The molecule has 0 aromatic heterocycles. The van der Waals surface area contributed by atoms with Gasteiger partial charge in [-0.05, 0) is 47.9 Å². The van der Waals surface area contributed by atoms with Crippen molar-refractivity contribution in [1.29, 1.82) is 0 Å². The number of hydrogen-bond donors (Lipinski definition) is 0. The van der Waals surface area contributed by atoms with Gasteiger partial charge in [0.1, 0.15) is 0 Å². The number of benzene rings is 2. The number of methoxy groups -OCH3 is 2. The van der Waals surface area contributed by atoms with Crippen molar-refractivity contribution in [2.24, 2.45) is 0 Å². The minimum absolute atomic E-state index is 0.0540. The molecule has 1 saturated heterocycles. The number of carbonyl (C=O) groups excluding carboxylic acids is 1. The van der Waals surface area contributed by atoms with Gasteiger partial charge in [0.15, 0.2) is 21.3 Å². The Kier molecular flexibility index (Phi) is 7.51. The Morgan fingerprint density at radius 3 is 2.48 bits per heavy atom. The van der Waals surface area contributed by atoms with Crippen LogP contribution in [-0.4, -0.2) is 51.0 Å². The van der Waals surface area contributed by atoms with Crippen LogP contribution < -0.4 is 9.47 Å². The number of sulfone groups is 1. The predicted octanol–water partition coefficient (Wildman–Crippen LogP) is 4.24. The molecule has 2 aromatic rings. The molecule has 1 atom stereocenters. The molecule has 1 fully saturated rings. The summed E-state index contributed by atoms with van der Waals surface area (Å²) in [7, 11) is -0.0873. The quantitative estimate of drug-likeness (QED) is 0.550. The SMILES string of the molecule is COc1ccc(CN(C(=O)C=Cc2ccc(Cl)cc2Cl)C2CCS(=O)(=O)C2)cc1OC. The van der Waals surface area contributed by atoms with E-state index in [0.717, 1.165) is 5.56 Å². The summed E-state index contributed by atoms with van der Waals surface area (Å²) in [4.78, 5) is 14.7. The van der Waals surface area contributed by atoms with Crippen molar-refractivity contribution in [3.05, 3.63) is 63.6 Å². The molecule has 0 N–H and O–H groups in total. The molecule has 1 amide bonds. The lowest BCUT2D eigenvalue weighted by Crippen LogP contribution is -2.39. The first-order valence-electron chi connectivity index (χ1n) is 9.57. The lowest BCUT2D eigenvalue weighted by atomic mass is 10.1. The lowest BCUT2D eigenvalue weighted by Gasteiger charge is -2.27. The molecule has 3 rings (SSSR count). The van der Waals surface area contributed by atoms with Gasteiger partial charge in [0.25, 0.3) is 0 Å². The van der Waals surface area contributed by atoms with Gasteiger partial charge in [0.05, 0.1) is 25.7 Å². The fourth-order valence-electron chi connectivity index (χ4n) is 3.48. The highest BCUT2D eigenvalue weighted by Crippen LogP contribution is 2.29. The minimum Gasteiger partial charge on any atom is -0.493 e. The molecule has 0 spiro atoms. The second-order valence-corrected chi connectivity index (χ2v) is 10.3. The molecular formula is C22H23Cl2NO5S. The van der Waals surface area contributed by atoms with Crippen molar-refractivity contribution in [3.8, 4) is 11.5 Å². The molecule has 0 saturated carbocycles. The summed E-state index contributed by atoms with van der Waals surface area (Å²) in [5, 5.41) is 0.922. The van der Waals surface area contributed by atoms with Crippen molar-refractivity contribution >= 4 is 45.0 Å². The van der Waals surface area contributed by atoms with E-state index in [-0.39, 0.29) is 24.0 Å². The first-order chi connectivity index (χ1) is 14.7. The Morgan fingerprint density at radius 2 is 1.87 bits per heavy atom. The summed E-state index contributed by atoms with van der Waals surface area (Å²) in [6, 6.07) is 9.95. The van der Waals surface area contributed by atoms with Crippen molar-refractivity contribution < 1.29 is 22.7 Å². The van der Waals surface area contributed by atoms with Crippen LogP contribution in [0, 0.1) is 0 Å². The summed E-state index contributed by atoms with van der Waals surface area (Å²) in [5.41, 5.74) is 1.44. The molecular weight excluding hydrogens is 461 g/mol. The third-order valence-corrected chi connectivity index (χ3v) is 7.41. The first-order valence-corrected chi connectivity index (χ1v) is 12.1. The van der Waals surface area contributed by atoms with Crippen molar-refractivity contribution in [3.63, 3.8) is 0 Å². The van der Waals surface area contributed by atoms with Crippen molar-refractivity contribution in [2.75, 3.05) is 25.7 Å². The van der Waals surface area contributed by atoms with Gasteiger partial charge in [0.2, 0.25) is 5.91 Å². The van der Waals surface area contributed by atoms with Gasteiger partial charge in [-0.15, -0.1) is 0 Å². The van der Waals surface area contributed by atoms with Gasteiger partial charge < -0.3 is 14.4 Å². The first kappa shape index (κ1) is 23.4. The Bertz CT molecular complexity index is 1100. The number of ether oxygens (including phenoxy) is 2. The highest BCUT2D eigenvalue weighted by atomic mass is 35.5. The van der Waals surface area contributed by atoms with E-state index in [2.05, 4.69) is 0 Å². The second-order valence-electron chi connectivity index (χ2n) is 7.21. The van der Waals surface area contributed by atoms with Gasteiger partial charge in [-0.2, -0.15) is 0 Å². The van der Waals surface area contributed by atoms with E-state index in [0.29, 0.717) is 33.5 Å². The van der Waals surface area contributed by atoms with E-state index in [4.69, 9.17) is 32.7 Å². The third-order valence-electron chi connectivity index (χ3n) is 5.10. The molecule has 1 aliphatic rings. The maximum absolute atomic E-state index is 13.1. The topological polar surface area (TPSA) is 72.9 Å². The number of amides is 1. The van der Waals surface area contributed by atoms with Crippen molar-refractivity contribution in [2.45, 2.75) is 19.0 Å². The van der Waals surface area contributed by atoms with Crippen LogP contribution in [0.4, 0.5) is 0 Å².